The van der Waals surface area contributed by atoms with Crippen LogP contribution in [-0.4, -0.2) is 66.6 Å². The molecule has 2 heterocycles. The molecule has 1 aromatic rings. The van der Waals surface area contributed by atoms with Gasteiger partial charge in [-0.1, -0.05) is 0 Å². The number of aliphatic imine (C=N–C) groups is 1. The van der Waals surface area contributed by atoms with Gasteiger partial charge in [-0.25, -0.2) is 0 Å². The summed E-state index contributed by atoms with van der Waals surface area (Å²) in [6.07, 6.45) is 3.88. The summed E-state index contributed by atoms with van der Waals surface area (Å²) in [6.45, 7) is 7.05. The number of nitrogens with zero attached hydrogens (tertiary/aromatic N) is 4. The summed E-state index contributed by atoms with van der Waals surface area (Å²) in [5.41, 5.74) is 0.866. The van der Waals surface area contributed by atoms with E-state index in [4.69, 9.17) is 9.47 Å². The van der Waals surface area contributed by atoms with Crippen LogP contribution in [0.5, 0.6) is 0 Å². The fraction of sp³-hybridized carbons (Fsp3) is 0.733. The number of methoxy groups -OCH3 is 1. The van der Waals surface area contributed by atoms with Crippen molar-refractivity contribution in [2.75, 3.05) is 40.4 Å². The van der Waals surface area contributed by atoms with Gasteiger partial charge in [0.15, 0.2) is 5.96 Å². The van der Waals surface area contributed by atoms with Gasteiger partial charge < -0.3 is 19.7 Å². The number of aryl methyl sites for hydroxylation is 1. The molecule has 1 saturated heterocycles. The van der Waals surface area contributed by atoms with E-state index in [1.807, 2.05) is 33.3 Å². The third-order valence-corrected chi connectivity index (χ3v) is 3.90. The highest BCUT2D eigenvalue weighted by Gasteiger charge is 2.26. The molecule has 1 fully saturated rings. The lowest BCUT2D eigenvalue weighted by atomic mass is 10.1. The Labute approximate surface area is 155 Å². The Hall–Kier alpha value is -0.870. The molecule has 1 aliphatic heterocycles. The summed E-state index contributed by atoms with van der Waals surface area (Å²) in [7, 11) is 5.44. The zero-order valence-electron chi connectivity index (χ0n) is 14.6. The number of nitrogens with one attached hydrogen (secondary N) is 1. The van der Waals surface area contributed by atoms with Gasteiger partial charge in [-0.3, -0.25) is 9.67 Å². The summed E-state index contributed by atoms with van der Waals surface area (Å²) in [6, 6.07) is 0. The number of halogens is 1. The maximum Gasteiger partial charge on any atom is 0.193 e. The molecule has 7 nitrogen and oxygen atoms in total. The summed E-state index contributed by atoms with van der Waals surface area (Å²) < 4.78 is 13.1. The van der Waals surface area contributed by atoms with E-state index in [2.05, 4.69) is 20.3 Å². The van der Waals surface area contributed by atoms with Gasteiger partial charge in [0.05, 0.1) is 24.9 Å². The molecule has 1 N–H and O–H groups in total. The topological polar surface area (TPSA) is 63.9 Å². The monoisotopic (exact) mass is 437 g/mol. The van der Waals surface area contributed by atoms with E-state index in [0.717, 1.165) is 24.6 Å². The van der Waals surface area contributed by atoms with E-state index in [9.17, 15) is 0 Å². The van der Waals surface area contributed by atoms with Crippen LogP contribution in [0.3, 0.4) is 0 Å². The predicted molar refractivity (Wildman–Crippen MR) is 101 cm³/mol. The molecule has 1 unspecified atom stereocenters. The predicted octanol–water partition coefficient (Wildman–Crippen LogP) is 1.41. The van der Waals surface area contributed by atoms with Crippen molar-refractivity contribution in [3.05, 3.63) is 18.0 Å². The van der Waals surface area contributed by atoms with E-state index in [1.54, 1.807) is 18.8 Å². The molecule has 8 heteroatoms. The molecule has 0 aliphatic carbocycles. The van der Waals surface area contributed by atoms with Gasteiger partial charge in [0.25, 0.3) is 0 Å². The van der Waals surface area contributed by atoms with E-state index in [-0.39, 0.29) is 35.7 Å². The van der Waals surface area contributed by atoms with Gasteiger partial charge in [-0.15, -0.1) is 24.0 Å². The van der Waals surface area contributed by atoms with E-state index in [0.29, 0.717) is 13.2 Å². The highest BCUT2D eigenvalue weighted by molar-refractivity contribution is 14.0. The van der Waals surface area contributed by atoms with Crippen molar-refractivity contribution in [2.45, 2.75) is 25.6 Å². The van der Waals surface area contributed by atoms with Crippen LogP contribution in [-0.2, 0) is 16.5 Å². The normalized spacial score (nSPS) is 19.4. The lowest BCUT2D eigenvalue weighted by molar-refractivity contribution is -0.00934. The standard InChI is InChI=1S/C15H27N5O2.HI/c1-15(2,21-5)11-17-14(16-3)20-6-7-22-13(10-20)12-8-18-19(4)9-12;/h8-9,13H,6-7,10-11H2,1-5H3,(H,16,17);1H. The Morgan fingerprint density at radius 2 is 2.30 bits per heavy atom. The fourth-order valence-corrected chi connectivity index (χ4v) is 2.35. The lowest BCUT2D eigenvalue weighted by Crippen LogP contribution is -2.51. The molecule has 0 amide bonds. The number of rotatable bonds is 4. The van der Waals surface area contributed by atoms with Crippen LogP contribution in [0.25, 0.3) is 0 Å². The highest BCUT2D eigenvalue weighted by Crippen LogP contribution is 2.21. The summed E-state index contributed by atoms with van der Waals surface area (Å²) in [5.74, 6) is 0.877. The largest absolute Gasteiger partial charge is 0.377 e. The van der Waals surface area contributed by atoms with E-state index in [1.165, 1.54) is 0 Å². The zero-order valence-corrected chi connectivity index (χ0v) is 16.9. The van der Waals surface area contributed by atoms with Crippen LogP contribution < -0.4 is 5.32 Å². The van der Waals surface area contributed by atoms with Crippen molar-refractivity contribution in [3.8, 4) is 0 Å². The molecule has 0 bridgehead atoms. The van der Waals surface area contributed by atoms with E-state index >= 15 is 0 Å². The van der Waals surface area contributed by atoms with Gasteiger partial charge in [-0.05, 0) is 13.8 Å². The molecule has 132 valence electrons. The molecule has 0 aromatic carbocycles. The molecule has 0 spiro atoms. The van der Waals surface area contributed by atoms with Crippen molar-refractivity contribution in [1.82, 2.24) is 20.0 Å². The minimum Gasteiger partial charge on any atom is -0.377 e. The molecule has 2 rings (SSSR count). The van der Waals surface area contributed by atoms with Gasteiger partial charge in [-0.2, -0.15) is 5.10 Å². The SMILES string of the molecule is CN=C(NCC(C)(C)OC)N1CCOC(c2cnn(C)c2)C1.I. The zero-order chi connectivity index (χ0) is 16.2. The van der Waals surface area contributed by atoms with Gasteiger partial charge in [0, 0.05) is 46.1 Å². The first-order valence-electron chi connectivity index (χ1n) is 7.56. The lowest BCUT2D eigenvalue weighted by Gasteiger charge is -2.36. The smallest absolute Gasteiger partial charge is 0.193 e. The van der Waals surface area contributed by atoms with Crippen LogP contribution in [0.2, 0.25) is 0 Å². The molecular formula is C15H28IN5O2. The second-order valence-electron chi connectivity index (χ2n) is 6.12. The van der Waals surface area contributed by atoms with Crippen molar-refractivity contribution in [1.29, 1.82) is 0 Å². The first-order chi connectivity index (χ1) is 10.4. The molecule has 0 saturated carbocycles. The molecular weight excluding hydrogens is 409 g/mol. The molecule has 1 aliphatic rings. The highest BCUT2D eigenvalue weighted by atomic mass is 127. The molecule has 1 atom stereocenters. The van der Waals surface area contributed by atoms with Crippen molar-refractivity contribution < 1.29 is 9.47 Å². The fourth-order valence-electron chi connectivity index (χ4n) is 2.35. The summed E-state index contributed by atoms with van der Waals surface area (Å²) in [4.78, 5) is 6.60. The first kappa shape index (κ1) is 20.2. The molecule has 1 aromatic heterocycles. The first-order valence-corrected chi connectivity index (χ1v) is 7.56. The van der Waals surface area contributed by atoms with Crippen LogP contribution in [0.1, 0.15) is 25.5 Å². The Morgan fingerprint density at radius 3 is 2.87 bits per heavy atom. The number of morpholine rings is 1. The average Bonchev–Trinajstić information content (AvgIpc) is 2.95. The second-order valence-corrected chi connectivity index (χ2v) is 6.12. The molecule has 23 heavy (non-hydrogen) atoms. The third-order valence-electron chi connectivity index (χ3n) is 3.90. The minimum atomic E-state index is -0.231. The summed E-state index contributed by atoms with van der Waals surface area (Å²) >= 11 is 0. The van der Waals surface area contributed by atoms with E-state index < -0.39 is 0 Å². The van der Waals surface area contributed by atoms with Crippen LogP contribution in [0.4, 0.5) is 0 Å². The van der Waals surface area contributed by atoms with Gasteiger partial charge in [0.1, 0.15) is 6.10 Å². The Bertz CT molecular complexity index is 518. The second kappa shape index (κ2) is 8.84. The number of ether oxygens (including phenoxy) is 2. The maximum atomic E-state index is 5.87. The van der Waals surface area contributed by atoms with Gasteiger partial charge >= 0.3 is 0 Å². The Balaban J connectivity index is 0.00000264. The van der Waals surface area contributed by atoms with Crippen LogP contribution >= 0.6 is 24.0 Å². The number of hydrogen-bond donors (Lipinski definition) is 1. The average molecular weight is 437 g/mol. The quantitative estimate of drug-likeness (QED) is 0.439. The van der Waals surface area contributed by atoms with Gasteiger partial charge in [0.2, 0.25) is 0 Å². The third kappa shape index (κ3) is 5.61. The Kier molecular flexibility index (Phi) is 7.75. The number of guanidine groups is 1. The molecule has 0 radical (unpaired) electrons. The van der Waals surface area contributed by atoms with Crippen molar-refractivity contribution in [3.63, 3.8) is 0 Å². The van der Waals surface area contributed by atoms with Crippen molar-refractivity contribution in [2.24, 2.45) is 12.0 Å². The Morgan fingerprint density at radius 1 is 1.57 bits per heavy atom. The minimum absolute atomic E-state index is 0. The maximum absolute atomic E-state index is 5.87. The summed E-state index contributed by atoms with van der Waals surface area (Å²) in [5, 5.41) is 7.60. The number of aromatic nitrogens is 2. The van der Waals surface area contributed by atoms with Crippen molar-refractivity contribution >= 4 is 29.9 Å². The number of hydrogen-bond acceptors (Lipinski definition) is 4. The van der Waals surface area contributed by atoms with Crippen LogP contribution in [0.15, 0.2) is 17.4 Å². The van der Waals surface area contributed by atoms with Crippen LogP contribution in [0, 0.1) is 0 Å².